The zero-order valence-corrected chi connectivity index (χ0v) is 17.8. The number of aromatic nitrogens is 5. The highest BCUT2D eigenvalue weighted by Gasteiger charge is 2.44. The predicted octanol–water partition coefficient (Wildman–Crippen LogP) is 4.46. The Morgan fingerprint density at radius 3 is 2.87 bits per heavy atom. The van der Waals surface area contributed by atoms with Gasteiger partial charge in [0.25, 0.3) is 0 Å². The third-order valence-electron chi connectivity index (χ3n) is 7.10. The fourth-order valence-electron chi connectivity index (χ4n) is 5.20. The summed E-state index contributed by atoms with van der Waals surface area (Å²) in [4.78, 5) is 19.4. The molecule has 0 aromatic carbocycles. The molecule has 2 N–H and O–H groups in total. The number of fused-ring (bicyclic) bond motifs is 2. The zero-order chi connectivity index (χ0) is 21.0. The Hall–Kier alpha value is -3.35. The van der Waals surface area contributed by atoms with Gasteiger partial charge in [-0.2, -0.15) is 4.98 Å². The molecule has 1 aliphatic heterocycles. The lowest BCUT2D eigenvalue weighted by Crippen LogP contribution is -2.57. The zero-order valence-electron chi connectivity index (χ0n) is 17.8. The van der Waals surface area contributed by atoms with Gasteiger partial charge in [0.05, 0.1) is 0 Å². The summed E-state index contributed by atoms with van der Waals surface area (Å²) < 4.78 is 2.03. The van der Waals surface area contributed by atoms with Gasteiger partial charge in [0.1, 0.15) is 11.3 Å². The minimum Gasteiger partial charge on any atom is -0.374 e. The molecule has 0 radical (unpaired) electrons. The molecule has 5 heterocycles. The lowest BCUT2D eigenvalue weighted by Gasteiger charge is -2.54. The summed E-state index contributed by atoms with van der Waals surface area (Å²) in [5.41, 5.74) is 5.72. The molecule has 2 aliphatic rings. The highest BCUT2D eigenvalue weighted by molar-refractivity contribution is 5.93. The molecule has 2 fully saturated rings. The van der Waals surface area contributed by atoms with Crippen LogP contribution in [-0.4, -0.2) is 48.4 Å². The number of hydrogen-bond acceptors (Lipinski definition) is 5. The molecule has 7 nitrogen and oxygen atoms in total. The van der Waals surface area contributed by atoms with Gasteiger partial charge in [-0.15, -0.1) is 0 Å². The maximum atomic E-state index is 4.76. The summed E-state index contributed by atoms with van der Waals surface area (Å²) in [5, 5.41) is 4.61. The molecule has 1 saturated heterocycles. The van der Waals surface area contributed by atoms with Gasteiger partial charge in [-0.1, -0.05) is 6.58 Å². The Morgan fingerprint density at radius 2 is 2.06 bits per heavy atom. The summed E-state index contributed by atoms with van der Waals surface area (Å²) in [6, 6.07) is 4.56. The molecule has 31 heavy (non-hydrogen) atoms. The van der Waals surface area contributed by atoms with Crippen LogP contribution in [0, 0.1) is 5.41 Å². The molecular formula is C24H27N7. The van der Waals surface area contributed by atoms with E-state index >= 15 is 0 Å². The highest BCUT2D eigenvalue weighted by atomic mass is 15.2. The van der Waals surface area contributed by atoms with Gasteiger partial charge >= 0.3 is 0 Å². The number of H-pyrrole nitrogens is 1. The van der Waals surface area contributed by atoms with E-state index in [9.17, 15) is 0 Å². The van der Waals surface area contributed by atoms with Gasteiger partial charge in [0.15, 0.2) is 0 Å². The van der Waals surface area contributed by atoms with E-state index in [2.05, 4.69) is 50.9 Å². The van der Waals surface area contributed by atoms with E-state index in [4.69, 9.17) is 4.98 Å². The van der Waals surface area contributed by atoms with E-state index in [0.29, 0.717) is 17.4 Å². The van der Waals surface area contributed by atoms with Crippen molar-refractivity contribution < 1.29 is 0 Å². The summed E-state index contributed by atoms with van der Waals surface area (Å²) in [7, 11) is 0. The quantitative estimate of drug-likeness (QED) is 0.517. The van der Waals surface area contributed by atoms with Crippen LogP contribution in [0.25, 0.3) is 27.8 Å². The molecule has 1 saturated carbocycles. The number of hydrogen-bond donors (Lipinski definition) is 2. The second-order valence-corrected chi connectivity index (χ2v) is 9.28. The van der Waals surface area contributed by atoms with Crippen molar-refractivity contribution in [3.05, 3.63) is 55.4 Å². The minimum absolute atomic E-state index is 0.444. The fraction of sp³-hybridized carbons (Fsp3) is 0.375. The van der Waals surface area contributed by atoms with Crippen molar-refractivity contribution in [1.29, 1.82) is 0 Å². The number of anilines is 1. The number of likely N-dealkylation sites (tertiary alicyclic amines) is 1. The predicted molar refractivity (Wildman–Crippen MR) is 123 cm³/mol. The average Bonchev–Trinajstić information content (AvgIpc) is 3.38. The van der Waals surface area contributed by atoms with Crippen LogP contribution in [0.1, 0.15) is 32.6 Å². The number of nitrogens with one attached hydrogen (secondary N) is 2. The second kappa shape index (κ2) is 6.83. The maximum absolute atomic E-state index is 4.76. The summed E-state index contributed by atoms with van der Waals surface area (Å²) in [6.45, 7) is 8.53. The van der Waals surface area contributed by atoms with Crippen LogP contribution >= 0.6 is 0 Å². The van der Waals surface area contributed by atoms with E-state index < -0.39 is 0 Å². The van der Waals surface area contributed by atoms with E-state index in [-0.39, 0.29) is 0 Å². The first-order chi connectivity index (χ1) is 15.1. The molecule has 0 unspecified atom stereocenters. The van der Waals surface area contributed by atoms with Gasteiger partial charge < -0.3 is 19.6 Å². The van der Waals surface area contributed by atoms with Crippen molar-refractivity contribution in [1.82, 2.24) is 29.2 Å². The van der Waals surface area contributed by atoms with Crippen LogP contribution < -0.4 is 5.32 Å². The smallest absolute Gasteiger partial charge is 0.224 e. The van der Waals surface area contributed by atoms with Crippen LogP contribution in [0.15, 0.2) is 55.4 Å². The van der Waals surface area contributed by atoms with Crippen molar-refractivity contribution in [2.75, 3.05) is 18.4 Å². The number of allylic oxidation sites excluding steroid dienone is 1. The van der Waals surface area contributed by atoms with Crippen LogP contribution in [0.3, 0.4) is 0 Å². The number of imidazole rings is 1. The molecule has 4 aromatic heterocycles. The highest BCUT2D eigenvalue weighted by Crippen LogP contribution is 2.45. The average molecular weight is 414 g/mol. The van der Waals surface area contributed by atoms with Crippen LogP contribution in [0.5, 0.6) is 0 Å². The fourth-order valence-corrected chi connectivity index (χ4v) is 5.20. The largest absolute Gasteiger partial charge is 0.374 e. The Morgan fingerprint density at radius 1 is 1.23 bits per heavy atom. The van der Waals surface area contributed by atoms with Crippen molar-refractivity contribution in [2.45, 2.75) is 38.6 Å². The molecule has 4 aromatic rings. The van der Waals surface area contributed by atoms with Gasteiger partial charge in [-0.25, -0.2) is 9.97 Å². The van der Waals surface area contributed by atoms with E-state index in [1.807, 2.05) is 35.3 Å². The van der Waals surface area contributed by atoms with Crippen molar-refractivity contribution in [2.24, 2.45) is 5.41 Å². The lowest BCUT2D eigenvalue weighted by atomic mass is 9.67. The van der Waals surface area contributed by atoms with E-state index in [1.165, 1.54) is 44.5 Å². The van der Waals surface area contributed by atoms with E-state index in [0.717, 1.165) is 27.8 Å². The Labute approximate surface area is 181 Å². The number of pyridine rings is 1. The van der Waals surface area contributed by atoms with Crippen LogP contribution in [0.4, 0.5) is 5.95 Å². The molecule has 6 rings (SSSR count). The molecule has 0 bridgehead atoms. The summed E-state index contributed by atoms with van der Waals surface area (Å²) in [5.74, 6) is 0.712. The third kappa shape index (κ3) is 3.15. The molecular weight excluding hydrogens is 386 g/mol. The third-order valence-corrected chi connectivity index (χ3v) is 7.10. The molecule has 1 spiro atoms. The van der Waals surface area contributed by atoms with Crippen LogP contribution in [-0.2, 0) is 0 Å². The standard InChI is InChI=1S/C24H27N7/c1-16(2)31-14-24(15-31)7-5-18(6-8-24)28-23-27-12-20-19(11-26-22(20)29-23)17-3-4-21-25-9-10-30(21)13-17/h3-4,9-13,18H,1,5-8,14-15H2,2H3,(H2,26,27,28,29). The van der Waals surface area contributed by atoms with Crippen LogP contribution in [0.2, 0.25) is 0 Å². The Balaban J connectivity index is 1.16. The molecule has 1 aliphatic carbocycles. The molecule has 7 heteroatoms. The lowest BCUT2D eigenvalue weighted by molar-refractivity contribution is -0.00560. The summed E-state index contributed by atoms with van der Waals surface area (Å²) >= 11 is 0. The topological polar surface area (TPSA) is 74.1 Å². The second-order valence-electron chi connectivity index (χ2n) is 9.28. The first-order valence-corrected chi connectivity index (χ1v) is 11.0. The summed E-state index contributed by atoms with van der Waals surface area (Å²) in [6.07, 6.45) is 14.7. The van der Waals surface area contributed by atoms with Crippen molar-refractivity contribution in [3.8, 4) is 11.1 Å². The number of nitrogens with zero attached hydrogens (tertiary/aromatic N) is 5. The first kappa shape index (κ1) is 18.4. The number of aromatic amines is 1. The molecule has 0 atom stereocenters. The molecule has 0 amide bonds. The minimum atomic E-state index is 0.444. The number of rotatable bonds is 4. The monoisotopic (exact) mass is 413 g/mol. The Bertz CT molecular complexity index is 1270. The Kier molecular flexibility index (Phi) is 4.06. The first-order valence-electron chi connectivity index (χ1n) is 11.0. The van der Waals surface area contributed by atoms with E-state index in [1.54, 1.807) is 0 Å². The van der Waals surface area contributed by atoms with Gasteiger partial charge in [0.2, 0.25) is 5.95 Å². The van der Waals surface area contributed by atoms with Crippen molar-refractivity contribution in [3.63, 3.8) is 0 Å². The molecule has 158 valence electrons. The maximum Gasteiger partial charge on any atom is 0.224 e. The van der Waals surface area contributed by atoms with Gasteiger partial charge in [0, 0.05) is 77.7 Å². The normalized spacial score (nSPS) is 18.5. The van der Waals surface area contributed by atoms with Gasteiger partial charge in [-0.05, 0) is 44.7 Å². The van der Waals surface area contributed by atoms with Crippen molar-refractivity contribution >= 4 is 22.6 Å². The SMILES string of the molecule is C=C(C)N1CC2(CCC(Nc3ncc4c(-c5ccc6nccn6c5)c[nH]c4n3)CC2)C1. The van der Waals surface area contributed by atoms with Gasteiger partial charge in [-0.3, -0.25) is 0 Å².